The molecule has 2 saturated heterocycles. The average Bonchev–Trinajstić information content (AvgIpc) is 3.73. The number of likely N-dealkylation sites (N-methyl/N-ethyl adjacent to an activating group) is 1. The number of carbonyl (C=O) groups excluding carboxylic acids is 2. The van der Waals surface area contributed by atoms with E-state index < -0.39 is 0 Å². The summed E-state index contributed by atoms with van der Waals surface area (Å²) in [6, 6.07) is 20.1. The van der Waals surface area contributed by atoms with Crippen molar-refractivity contribution >= 4 is 34.6 Å². The van der Waals surface area contributed by atoms with Gasteiger partial charge in [0.25, 0.3) is 11.8 Å². The number of piperazine rings is 1. The Balaban J connectivity index is 0.906. The molecule has 0 atom stereocenters. The molecule has 0 aliphatic carbocycles. The first-order valence-corrected chi connectivity index (χ1v) is 17.2. The van der Waals surface area contributed by atoms with Gasteiger partial charge >= 0.3 is 0 Å². The Morgan fingerprint density at radius 1 is 0.617 bits per heavy atom. The summed E-state index contributed by atoms with van der Waals surface area (Å²) in [7, 11) is 2.15. The minimum Gasteiger partial charge on any atom is -0.351 e. The molecule has 0 radical (unpaired) electrons. The van der Waals surface area contributed by atoms with E-state index in [1.807, 2.05) is 36.4 Å². The number of amides is 2. The van der Waals surface area contributed by atoms with Crippen molar-refractivity contribution in [1.29, 1.82) is 0 Å². The van der Waals surface area contributed by atoms with Crippen LogP contribution in [0.3, 0.4) is 0 Å². The van der Waals surface area contributed by atoms with Crippen LogP contribution < -0.4 is 10.6 Å². The van der Waals surface area contributed by atoms with Gasteiger partial charge in [-0.3, -0.25) is 24.5 Å². The zero-order valence-corrected chi connectivity index (χ0v) is 27.4. The van der Waals surface area contributed by atoms with Crippen LogP contribution in [0.4, 0.5) is 11.4 Å². The molecule has 4 heterocycles. The normalized spacial score (nSPS) is 18.3. The van der Waals surface area contributed by atoms with Crippen LogP contribution in [0.15, 0.2) is 70.6 Å². The molecule has 0 saturated carbocycles. The quantitative estimate of drug-likeness (QED) is 0.350. The summed E-state index contributed by atoms with van der Waals surface area (Å²) in [6.45, 7) is 9.64. The summed E-state index contributed by atoms with van der Waals surface area (Å²) in [4.78, 5) is 42.7. The largest absolute Gasteiger partial charge is 0.351 e. The molecular weight excluding hydrogens is 586 g/mol. The maximum absolute atomic E-state index is 12.9. The lowest BCUT2D eigenvalue weighted by Gasteiger charge is -2.32. The third kappa shape index (κ3) is 7.53. The number of nitrogens with one attached hydrogen (secondary N) is 2. The van der Waals surface area contributed by atoms with Crippen LogP contribution >= 0.6 is 0 Å². The fourth-order valence-corrected chi connectivity index (χ4v) is 6.99. The van der Waals surface area contributed by atoms with Gasteiger partial charge in [-0.25, -0.2) is 0 Å². The molecule has 7 rings (SSSR count). The number of fused-ring (bicyclic) bond motifs is 2. The summed E-state index contributed by atoms with van der Waals surface area (Å²) in [6.07, 6.45) is 5.24. The molecule has 3 aromatic rings. The number of aliphatic imine (C=N–C) groups is 2. The smallest absolute Gasteiger partial charge is 0.251 e. The first-order valence-electron chi connectivity index (χ1n) is 17.2. The molecule has 3 aromatic carbocycles. The van der Waals surface area contributed by atoms with Crippen LogP contribution in [-0.2, 0) is 12.8 Å². The first-order chi connectivity index (χ1) is 23.0. The lowest BCUT2D eigenvalue weighted by Crippen LogP contribution is -2.46. The molecule has 4 aliphatic heterocycles. The van der Waals surface area contributed by atoms with Gasteiger partial charge in [0.1, 0.15) is 0 Å². The second-order valence-electron chi connectivity index (χ2n) is 13.3. The van der Waals surface area contributed by atoms with Crippen molar-refractivity contribution in [3.63, 3.8) is 0 Å². The molecule has 244 valence electrons. The third-order valence-corrected chi connectivity index (χ3v) is 9.93. The fourth-order valence-electron chi connectivity index (χ4n) is 6.99. The highest BCUT2D eigenvalue weighted by Crippen LogP contribution is 2.32. The van der Waals surface area contributed by atoms with Gasteiger partial charge in [0.15, 0.2) is 0 Å². The van der Waals surface area contributed by atoms with Gasteiger partial charge in [0, 0.05) is 76.3 Å². The molecule has 9 nitrogen and oxygen atoms in total. The Labute approximate surface area is 277 Å². The lowest BCUT2D eigenvalue weighted by molar-refractivity contribution is 0.0935. The van der Waals surface area contributed by atoms with Crippen molar-refractivity contribution in [2.75, 3.05) is 72.5 Å². The van der Waals surface area contributed by atoms with Crippen molar-refractivity contribution in [3.05, 3.63) is 94.0 Å². The maximum atomic E-state index is 12.9. The monoisotopic (exact) mass is 631 g/mol. The fraction of sp³-hybridized carbons (Fsp3) is 0.421. The van der Waals surface area contributed by atoms with E-state index in [-0.39, 0.29) is 11.8 Å². The molecule has 0 bridgehead atoms. The number of piperidine rings is 1. The van der Waals surface area contributed by atoms with Gasteiger partial charge in [0.2, 0.25) is 0 Å². The number of rotatable bonds is 10. The SMILES string of the molecule is CN1CCN(CCNC(=O)c2ccc3c(c2)CC(c2ccc(C4=Nc5ccc(C(=O)NCCN6CCCCC6)cc5C4)cc2)=N3)CC1. The van der Waals surface area contributed by atoms with Crippen molar-refractivity contribution in [2.45, 2.75) is 32.1 Å². The van der Waals surface area contributed by atoms with E-state index in [2.05, 4.69) is 56.6 Å². The summed E-state index contributed by atoms with van der Waals surface area (Å²) >= 11 is 0. The minimum absolute atomic E-state index is 0.0186. The van der Waals surface area contributed by atoms with Gasteiger partial charge in [-0.1, -0.05) is 30.7 Å². The minimum atomic E-state index is -0.0290. The number of benzene rings is 3. The van der Waals surface area contributed by atoms with Crippen LogP contribution in [-0.4, -0.2) is 110 Å². The molecule has 4 aliphatic rings. The predicted molar refractivity (Wildman–Crippen MR) is 188 cm³/mol. The predicted octanol–water partition coefficient (Wildman–Crippen LogP) is 4.23. The van der Waals surface area contributed by atoms with Crippen LogP contribution in [0, 0.1) is 0 Å². The van der Waals surface area contributed by atoms with E-state index in [0.717, 1.165) is 97.4 Å². The number of likely N-dealkylation sites (tertiary alicyclic amines) is 1. The zero-order chi connectivity index (χ0) is 32.2. The average molecular weight is 632 g/mol. The molecule has 2 amide bonds. The van der Waals surface area contributed by atoms with Crippen LogP contribution in [0.1, 0.15) is 62.2 Å². The van der Waals surface area contributed by atoms with Crippen molar-refractivity contribution in [3.8, 4) is 0 Å². The van der Waals surface area contributed by atoms with Gasteiger partial charge in [-0.05, 0) is 91.6 Å². The van der Waals surface area contributed by atoms with Crippen molar-refractivity contribution in [1.82, 2.24) is 25.3 Å². The zero-order valence-electron chi connectivity index (χ0n) is 27.4. The van der Waals surface area contributed by atoms with Gasteiger partial charge in [0.05, 0.1) is 22.8 Å². The van der Waals surface area contributed by atoms with Gasteiger partial charge < -0.3 is 20.4 Å². The van der Waals surface area contributed by atoms with Gasteiger partial charge in [-0.15, -0.1) is 0 Å². The third-order valence-electron chi connectivity index (χ3n) is 9.93. The molecule has 47 heavy (non-hydrogen) atoms. The maximum Gasteiger partial charge on any atom is 0.251 e. The van der Waals surface area contributed by atoms with E-state index in [1.54, 1.807) is 0 Å². The lowest BCUT2D eigenvalue weighted by atomic mass is 9.98. The number of nitrogens with zero attached hydrogens (tertiary/aromatic N) is 5. The van der Waals surface area contributed by atoms with E-state index in [9.17, 15) is 9.59 Å². The van der Waals surface area contributed by atoms with E-state index in [0.29, 0.717) is 37.1 Å². The molecule has 0 spiro atoms. The van der Waals surface area contributed by atoms with Gasteiger partial charge in [-0.2, -0.15) is 0 Å². The highest BCUT2D eigenvalue weighted by Gasteiger charge is 2.21. The highest BCUT2D eigenvalue weighted by molar-refractivity contribution is 6.10. The van der Waals surface area contributed by atoms with Crippen molar-refractivity contribution in [2.24, 2.45) is 9.98 Å². The van der Waals surface area contributed by atoms with Crippen molar-refractivity contribution < 1.29 is 9.59 Å². The molecule has 0 unspecified atom stereocenters. The second kappa shape index (κ2) is 14.3. The van der Waals surface area contributed by atoms with Crippen LogP contribution in [0.5, 0.6) is 0 Å². The van der Waals surface area contributed by atoms with Crippen LogP contribution in [0.25, 0.3) is 0 Å². The Morgan fingerprint density at radius 2 is 1.09 bits per heavy atom. The molecule has 0 aromatic heterocycles. The van der Waals surface area contributed by atoms with E-state index >= 15 is 0 Å². The molecular formula is C38H45N7O2. The van der Waals surface area contributed by atoms with E-state index in [1.165, 1.54) is 19.3 Å². The Bertz CT molecular complexity index is 1680. The molecule has 2 fully saturated rings. The molecule has 9 heteroatoms. The Morgan fingerprint density at radius 3 is 1.57 bits per heavy atom. The summed E-state index contributed by atoms with van der Waals surface area (Å²) in [5.74, 6) is -0.0476. The topological polar surface area (TPSA) is 92.6 Å². The molecule has 2 N–H and O–H groups in total. The number of carbonyl (C=O) groups is 2. The summed E-state index contributed by atoms with van der Waals surface area (Å²) in [5.41, 5.74) is 9.57. The van der Waals surface area contributed by atoms with E-state index in [4.69, 9.17) is 9.98 Å². The number of hydrogen-bond acceptors (Lipinski definition) is 7. The first kappa shape index (κ1) is 31.4. The summed E-state index contributed by atoms with van der Waals surface area (Å²) in [5, 5.41) is 6.19. The number of hydrogen-bond donors (Lipinski definition) is 2. The Kier molecular flexibility index (Phi) is 9.56. The highest BCUT2D eigenvalue weighted by atomic mass is 16.2. The summed E-state index contributed by atoms with van der Waals surface area (Å²) < 4.78 is 0. The van der Waals surface area contributed by atoms with Crippen LogP contribution in [0.2, 0.25) is 0 Å². The standard InChI is InChI=1S/C38H45N7O2/c1-43-19-21-45(22-20-43)18-14-40-38(47)30-10-12-34-32(24-30)26-36(42-34)28-7-5-27(6-8-28)35-25-31-23-29(9-11-33(31)41-35)37(46)39-13-17-44-15-3-2-4-16-44/h5-12,23-24H,2-4,13-22,25-26H2,1H3,(H,39,46)(H,40,47). The second-order valence-corrected chi connectivity index (χ2v) is 13.3. The Hall–Kier alpha value is -4.18.